The fourth-order valence-electron chi connectivity index (χ4n) is 2.99. The second kappa shape index (κ2) is 8.26. The molecule has 1 fully saturated rings. The van der Waals surface area contributed by atoms with Gasteiger partial charge in [0.25, 0.3) is 0 Å². The van der Waals surface area contributed by atoms with Gasteiger partial charge in [0.2, 0.25) is 0 Å². The Hall–Kier alpha value is -3.14. The second-order valence-corrected chi connectivity index (χ2v) is 7.17. The zero-order chi connectivity index (χ0) is 19.3. The number of nitrogens with zero attached hydrogens (tertiary/aromatic N) is 6. The van der Waals surface area contributed by atoms with Gasteiger partial charge in [0.1, 0.15) is 18.1 Å². The summed E-state index contributed by atoms with van der Waals surface area (Å²) in [6, 6.07) is 7.61. The fraction of sp³-hybridized carbons (Fsp3) is 0.333. The highest BCUT2D eigenvalue weighted by Gasteiger charge is 2.19. The zero-order valence-electron chi connectivity index (χ0n) is 15.6. The van der Waals surface area contributed by atoms with Crippen LogP contribution in [0.15, 0.2) is 40.8 Å². The maximum atomic E-state index is 6.18. The van der Waals surface area contributed by atoms with Crippen molar-refractivity contribution in [3.63, 3.8) is 0 Å². The van der Waals surface area contributed by atoms with E-state index in [1.165, 1.54) is 0 Å². The topological polar surface area (TPSA) is 109 Å². The number of benzene rings is 1. The molecule has 3 aromatic rings. The molecule has 4 rings (SSSR count). The standard InChI is InChI=1S/C18H22N8OS/c1-27-14-4-2-13(3-5-14)16-22-15(23-24-16)12-21-17(19)25-7-9-26(10-8-25)18-20-6-11-28-18/h2-6,11H,7-10,12H2,1H3,(H2,19,21)(H,22,23,24). The van der Waals surface area contributed by atoms with E-state index in [9.17, 15) is 0 Å². The van der Waals surface area contributed by atoms with Gasteiger partial charge in [0.05, 0.1) is 7.11 Å². The Labute approximate surface area is 166 Å². The van der Waals surface area contributed by atoms with Gasteiger partial charge in [-0.3, -0.25) is 5.10 Å². The fourth-order valence-corrected chi connectivity index (χ4v) is 3.69. The third kappa shape index (κ3) is 4.06. The molecule has 0 saturated carbocycles. The second-order valence-electron chi connectivity index (χ2n) is 6.30. The lowest BCUT2D eigenvalue weighted by molar-refractivity contribution is 0.380. The number of methoxy groups -OCH3 is 1. The summed E-state index contributed by atoms with van der Waals surface area (Å²) in [5.74, 6) is 2.63. The number of aliphatic imine (C=N–C) groups is 1. The predicted octanol–water partition coefficient (Wildman–Crippen LogP) is 1.57. The highest BCUT2D eigenvalue weighted by molar-refractivity contribution is 7.13. The van der Waals surface area contributed by atoms with Crippen molar-refractivity contribution in [1.29, 1.82) is 0 Å². The average molecular weight is 398 g/mol. The number of hydrogen-bond donors (Lipinski definition) is 2. The number of H-pyrrole nitrogens is 1. The van der Waals surface area contributed by atoms with E-state index in [1.54, 1.807) is 18.4 Å². The van der Waals surface area contributed by atoms with Crippen LogP contribution in [-0.4, -0.2) is 64.3 Å². The first kappa shape index (κ1) is 18.2. The SMILES string of the molecule is COc1ccc(-c2n[nH]c(CN=C(N)N3CCN(c4nccs4)CC3)n2)cc1. The molecule has 9 nitrogen and oxygen atoms in total. The zero-order valence-corrected chi connectivity index (χ0v) is 16.4. The molecular weight excluding hydrogens is 376 g/mol. The minimum atomic E-state index is 0.363. The quantitative estimate of drug-likeness (QED) is 0.496. The van der Waals surface area contributed by atoms with Crippen molar-refractivity contribution >= 4 is 22.4 Å². The van der Waals surface area contributed by atoms with Crippen molar-refractivity contribution in [1.82, 2.24) is 25.1 Å². The highest BCUT2D eigenvalue weighted by Crippen LogP contribution is 2.20. The van der Waals surface area contributed by atoms with Crippen molar-refractivity contribution in [2.24, 2.45) is 10.7 Å². The summed E-state index contributed by atoms with van der Waals surface area (Å²) in [4.78, 5) is 17.7. The van der Waals surface area contributed by atoms with Crippen LogP contribution in [0, 0.1) is 0 Å². The van der Waals surface area contributed by atoms with Gasteiger partial charge in [-0.1, -0.05) is 0 Å². The van der Waals surface area contributed by atoms with Gasteiger partial charge in [-0.15, -0.1) is 11.3 Å². The number of piperazine rings is 1. The van der Waals surface area contributed by atoms with E-state index >= 15 is 0 Å². The molecule has 2 aromatic heterocycles. The number of anilines is 1. The molecule has 1 aliphatic rings. The number of hydrogen-bond acceptors (Lipinski definition) is 7. The number of aromatic nitrogens is 4. The Morgan fingerprint density at radius 3 is 2.71 bits per heavy atom. The molecular formula is C18H22N8OS. The van der Waals surface area contributed by atoms with Gasteiger partial charge in [-0.25, -0.2) is 15.0 Å². The van der Waals surface area contributed by atoms with Crippen LogP contribution in [0.4, 0.5) is 5.13 Å². The van der Waals surface area contributed by atoms with Crippen LogP contribution in [0.1, 0.15) is 5.82 Å². The van der Waals surface area contributed by atoms with E-state index in [1.807, 2.05) is 35.8 Å². The van der Waals surface area contributed by atoms with E-state index in [0.717, 1.165) is 42.6 Å². The Morgan fingerprint density at radius 1 is 1.25 bits per heavy atom. The normalized spacial score (nSPS) is 15.1. The van der Waals surface area contributed by atoms with Gasteiger partial charge in [0.15, 0.2) is 16.9 Å². The van der Waals surface area contributed by atoms with Gasteiger partial charge in [-0.05, 0) is 24.3 Å². The van der Waals surface area contributed by atoms with Gasteiger partial charge in [0, 0.05) is 43.3 Å². The van der Waals surface area contributed by atoms with Crippen molar-refractivity contribution in [2.45, 2.75) is 6.54 Å². The lowest BCUT2D eigenvalue weighted by Gasteiger charge is -2.35. The first-order valence-corrected chi connectivity index (χ1v) is 9.86. The molecule has 0 atom stereocenters. The van der Waals surface area contributed by atoms with Crippen molar-refractivity contribution < 1.29 is 4.74 Å². The van der Waals surface area contributed by atoms with Crippen LogP contribution >= 0.6 is 11.3 Å². The molecule has 146 valence electrons. The number of guanidine groups is 1. The van der Waals surface area contributed by atoms with Gasteiger partial charge >= 0.3 is 0 Å². The molecule has 3 N–H and O–H groups in total. The van der Waals surface area contributed by atoms with Crippen molar-refractivity contribution in [3.8, 4) is 17.1 Å². The molecule has 0 bridgehead atoms. The lowest BCUT2D eigenvalue weighted by atomic mass is 10.2. The summed E-state index contributed by atoms with van der Waals surface area (Å²) in [6.07, 6.45) is 1.83. The van der Waals surface area contributed by atoms with Crippen LogP contribution in [0.2, 0.25) is 0 Å². The predicted molar refractivity (Wildman–Crippen MR) is 110 cm³/mol. The first-order valence-electron chi connectivity index (χ1n) is 8.98. The van der Waals surface area contributed by atoms with Gasteiger partial charge in [-0.2, -0.15) is 5.10 Å². The number of nitrogens with one attached hydrogen (secondary N) is 1. The number of aromatic amines is 1. The number of thiazole rings is 1. The molecule has 28 heavy (non-hydrogen) atoms. The Morgan fingerprint density at radius 2 is 2.04 bits per heavy atom. The number of ether oxygens (including phenoxy) is 1. The van der Waals surface area contributed by atoms with Crippen LogP contribution in [0.25, 0.3) is 11.4 Å². The van der Waals surface area contributed by atoms with Crippen molar-refractivity contribution in [2.75, 3.05) is 38.2 Å². The molecule has 1 aliphatic heterocycles. The molecule has 0 aliphatic carbocycles. The summed E-state index contributed by atoms with van der Waals surface area (Å²) in [5.41, 5.74) is 7.09. The molecule has 0 radical (unpaired) electrons. The Balaban J connectivity index is 1.33. The highest BCUT2D eigenvalue weighted by atomic mass is 32.1. The summed E-state index contributed by atoms with van der Waals surface area (Å²) in [6.45, 7) is 3.77. The lowest BCUT2D eigenvalue weighted by Crippen LogP contribution is -2.51. The summed E-state index contributed by atoms with van der Waals surface area (Å²) < 4.78 is 5.17. The molecule has 10 heteroatoms. The third-order valence-corrected chi connectivity index (χ3v) is 5.40. The summed E-state index contributed by atoms with van der Waals surface area (Å²) >= 11 is 1.66. The molecule has 0 amide bonds. The first-order chi connectivity index (χ1) is 13.7. The smallest absolute Gasteiger partial charge is 0.191 e. The summed E-state index contributed by atoms with van der Waals surface area (Å²) in [5, 5.41) is 10.2. The molecule has 1 aromatic carbocycles. The van der Waals surface area contributed by atoms with E-state index < -0.39 is 0 Å². The Bertz CT molecular complexity index is 913. The minimum Gasteiger partial charge on any atom is -0.497 e. The molecule has 1 saturated heterocycles. The van der Waals surface area contributed by atoms with E-state index in [4.69, 9.17) is 10.5 Å². The van der Waals surface area contributed by atoms with E-state index in [0.29, 0.717) is 24.2 Å². The number of nitrogens with two attached hydrogens (primary N) is 1. The van der Waals surface area contributed by atoms with Crippen LogP contribution in [-0.2, 0) is 6.54 Å². The maximum Gasteiger partial charge on any atom is 0.191 e. The maximum absolute atomic E-state index is 6.18. The number of rotatable bonds is 5. The molecule has 3 heterocycles. The van der Waals surface area contributed by atoms with Crippen LogP contribution in [0.5, 0.6) is 5.75 Å². The Kier molecular flexibility index (Phi) is 5.38. The average Bonchev–Trinajstić information content (AvgIpc) is 3.44. The van der Waals surface area contributed by atoms with Crippen LogP contribution < -0.4 is 15.4 Å². The van der Waals surface area contributed by atoms with E-state index in [-0.39, 0.29) is 0 Å². The summed E-state index contributed by atoms with van der Waals surface area (Å²) in [7, 11) is 1.64. The molecule has 0 unspecified atom stereocenters. The van der Waals surface area contributed by atoms with Gasteiger partial charge < -0.3 is 20.3 Å². The monoisotopic (exact) mass is 398 g/mol. The largest absolute Gasteiger partial charge is 0.497 e. The van der Waals surface area contributed by atoms with Crippen molar-refractivity contribution in [3.05, 3.63) is 41.7 Å². The third-order valence-electron chi connectivity index (χ3n) is 4.56. The minimum absolute atomic E-state index is 0.363. The molecule has 0 spiro atoms. The van der Waals surface area contributed by atoms with Crippen LogP contribution in [0.3, 0.4) is 0 Å². The van der Waals surface area contributed by atoms with E-state index in [2.05, 4.69) is 35.0 Å².